The van der Waals surface area contributed by atoms with Gasteiger partial charge in [-0.25, -0.2) is 0 Å². The van der Waals surface area contributed by atoms with Crippen molar-refractivity contribution >= 4 is 29.1 Å². The van der Waals surface area contributed by atoms with Crippen molar-refractivity contribution in [3.05, 3.63) is 78.9 Å². The first-order valence-electron chi connectivity index (χ1n) is 17.1. The quantitative estimate of drug-likeness (QED) is 0.265. The van der Waals surface area contributed by atoms with Crippen LogP contribution in [0.5, 0.6) is 5.75 Å². The molecule has 258 valence electrons. The standard InChI is InChI=1S/C39H51N3O6/c1-9-20-40(28-14-16-30(17-15-28)47-11-3)35(44)32-33-36(45)42(29(24-43)22-25(4)5)34(39(33)19-18-38(32,8)48-39)37(46)41(21-10-2)31-23-26(6)12-13-27(31)7/h9-10,12-17,23,25,29,32-34,43H,1-2,11,18-22,24H2,3-8H3/t29-,32+,33+,34?,38-,39?/m1/s1. The highest BCUT2D eigenvalue weighted by molar-refractivity contribution is 6.07. The maximum Gasteiger partial charge on any atom is 0.253 e. The van der Waals surface area contributed by atoms with Crippen molar-refractivity contribution in [2.75, 3.05) is 36.1 Å². The molecule has 48 heavy (non-hydrogen) atoms. The zero-order valence-corrected chi connectivity index (χ0v) is 29.3. The molecule has 3 fully saturated rings. The Morgan fingerprint density at radius 2 is 1.73 bits per heavy atom. The molecule has 3 aliphatic heterocycles. The summed E-state index contributed by atoms with van der Waals surface area (Å²) in [7, 11) is 0. The number of aryl methyl sites for hydroxylation is 2. The predicted molar refractivity (Wildman–Crippen MR) is 188 cm³/mol. The molecule has 6 atom stereocenters. The van der Waals surface area contributed by atoms with Crippen LogP contribution in [-0.4, -0.2) is 77.3 Å². The first-order valence-corrected chi connectivity index (χ1v) is 17.1. The number of aliphatic hydroxyl groups excluding tert-OH is 1. The monoisotopic (exact) mass is 657 g/mol. The zero-order chi connectivity index (χ0) is 35.0. The molecule has 3 aliphatic rings. The number of amides is 3. The number of likely N-dealkylation sites (tertiary alicyclic amines) is 1. The number of carbonyl (C=O) groups excluding carboxylic acids is 3. The summed E-state index contributed by atoms with van der Waals surface area (Å²) in [6, 6.07) is 11.6. The van der Waals surface area contributed by atoms with Crippen molar-refractivity contribution in [1.29, 1.82) is 0 Å². The number of benzene rings is 2. The van der Waals surface area contributed by atoms with Gasteiger partial charge in [-0.05, 0) is 94.3 Å². The third-order valence-electron chi connectivity index (χ3n) is 10.3. The van der Waals surface area contributed by atoms with Crippen LogP contribution < -0.4 is 14.5 Å². The van der Waals surface area contributed by atoms with E-state index in [-0.39, 0.29) is 43.3 Å². The van der Waals surface area contributed by atoms with Crippen LogP contribution >= 0.6 is 0 Å². The Labute approximate surface area is 285 Å². The first-order chi connectivity index (χ1) is 22.9. The van der Waals surface area contributed by atoms with Crippen molar-refractivity contribution in [2.24, 2.45) is 17.8 Å². The van der Waals surface area contributed by atoms with E-state index in [4.69, 9.17) is 9.47 Å². The zero-order valence-electron chi connectivity index (χ0n) is 29.3. The highest BCUT2D eigenvalue weighted by atomic mass is 16.5. The van der Waals surface area contributed by atoms with Gasteiger partial charge in [0, 0.05) is 24.5 Å². The average Bonchev–Trinajstić information content (AvgIpc) is 3.63. The van der Waals surface area contributed by atoms with Gasteiger partial charge in [-0.1, -0.05) is 38.1 Å². The number of nitrogens with zero attached hydrogens (tertiary/aromatic N) is 3. The molecule has 1 spiro atoms. The van der Waals surface area contributed by atoms with Gasteiger partial charge in [0.05, 0.1) is 36.7 Å². The van der Waals surface area contributed by atoms with Crippen LogP contribution in [0.2, 0.25) is 0 Å². The van der Waals surface area contributed by atoms with E-state index in [0.717, 1.165) is 16.8 Å². The van der Waals surface area contributed by atoms with Gasteiger partial charge in [-0.2, -0.15) is 0 Å². The second-order valence-electron chi connectivity index (χ2n) is 14.1. The minimum absolute atomic E-state index is 0.141. The second kappa shape index (κ2) is 13.9. The third kappa shape index (κ3) is 5.96. The fraction of sp³-hybridized carbons (Fsp3) is 0.513. The third-order valence-corrected chi connectivity index (χ3v) is 10.3. The molecule has 0 aromatic heterocycles. The Hall–Kier alpha value is -3.95. The number of aliphatic hydroxyl groups is 1. The summed E-state index contributed by atoms with van der Waals surface area (Å²) in [6.45, 7) is 20.3. The molecule has 3 heterocycles. The van der Waals surface area contributed by atoms with Crippen molar-refractivity contribution in [2.45, 2.75) is 84.1 Å². The molecule has 3 saturated heterocycles. The number of hydrogen-bond acceptors (Lipinski definition) is 6. The molecule has 0 radical (unpaired) electrons. The van der Waals surface area contributed by atoms with Crippen molar-refractivity contribution in [3.8, 4) is 5.75 Å². The minimum atomic E-state index is -1.25. The molecule has 3 amide bonds. The molecule has 0 saturated carbocycles. The lowest BCUT2D eigenvalue weighted by Gasteiger charge is -2.40. The molecule has 2 bridgehead atoms. The fourth-order valence-electron chi connectivity index (χ4n) is 8.34. The summed E-state index contributed by atoms with van der Waals surface area (Å²) in [4.78, 5) is 49.7. The van der Waals surface area contributed by atoms with Crippen molar-refractivity contribution in [1.82, 2.24) is 4.90 Å². The second-order valence-corrected chi connectivity index (χ2v) is 14.1. The normalized spacial score (nSPS) is 26.4. The molecule has 2 aromatic rings. The Morgan fingerprint density at radius 3 is 2.33 bits per heavy atom. The highest BCUT2D eigenvalue weighted by Gasteiger charge is 2.79. The van der Waals surface area contributed by atoms with Gasteiger partial charge < -0.3 is 29.3 Å². The van der Waals surface area contributed by atoms with Gasteiger partial charge in [-0.15, -0.1) is 13.2 Å². The average molecular weight is 658 g/mol. The van der Waals surface area contributed by atoms with Crippen LogP contribution in [0.25, 0.3) is 0 Å². The molecule has 0 aliphatic carbocycles. The van der Waals surface area contributed by atoms with Crippen molar-refractivity contribution in [3.63, 3.8) is 0 Å². The molecule has 5 rings (SSSR count). The van der Waals surface area contributed by atoms with Crippen LogP contribution in [0.3, 0.4) is 0 Å². The lowest BCUT2D eigenvalue weighted by molar-refractivity contribution is -0.148. The van der Waals surface area contributed by atoms with E-state index in [1.165, 1.54) is 0 Å². The van der Waals surface area contributed by atoms with Crippen molar-refractivity contribution < 1.29 is 29.0 Å². The number of rotatable bonds is 14. The molecule has 2 aromatic carbocycles. The Morgan fingerprint density at radius 1 is 1.06 bits per heavy atom. The largest absolute Gasteiger partial charge is 0.494 e. The summed E-state index contributed by atoms with van der Waals surface area (Å²) < 4.78 is 12.6. The molecule has 9 nitrogen and oxygen atoms in total. The summed E-state index contributed by atoms with van der Waals surface area (Å²) in [5.74, 6) is -1.79. The number of hydrogen-bond donors (Lipinski definition) is 1. The summed E-state index contributed by atoms with van der Waals surface area (Å²) in [5.41, 5.74) is 1.07. The van der Waals surface area contributed by atoms with Crippen LogP contribution in [0, 0.1) is 31.6 Å². The van der Waals surface area contributed by atoms with E-state index in [2.05, 4.69) is 13.2 Å². The van der Waals surface area contributed by atoms with Crippen LogP contribution in [0.4, 0.5) is 11.4 Å². The lowest BCUT2D eigenvalue weighted by atomic mass is 9.66. The van der Waals surface area contributed by atoms with E-state index < -0.39 is 35.1 Å². The smallest absolute Gasteiger partial charge is 0.253 e. The lowest BCUT2D eigenvalue weighted by Crippen LogP contribution is -2.59. The summed E-state index contributed by atoms with van der Waals surface area (Å²) in [5, 5.41) is 10.7. The number of ether oxygens (including phenoxy) is 2. The maximum atomic E-state index is 15.1. The van der Waals surface area contributed by atoms with Gasteiger partial charge in [-0.3, -0.25) is 14.4 Å². The minimum Gasteiger partial charge on any atom is -0.494 e. The highest BCUT2D eigenvalue weighted by Crippen LogP contribution is 2.64. The number of carbonyl (C=O) groups is 3. The predicted octanol–water partition coefficient (Wildman–Crippen LogP) is 5.61. The van der Waals surface area contributed by atoms with Gasteiger partial charge in [0.15, 0.2) is 0 Å². The van der Waals surface area contributed by atoms with Crippen LogP contribution in [-0.2, 0) is 19.1 Å². The van der Waals surface area contributed by atoms with Crippen LogP contribution in [0.1, 0.15) is 58.1 Å². The summed E-state index contributed by atoms with van der Waals surface area (Å²) >= 11 is 0. The topological polar surface area (TPSA) is 99.6 Å². The SMILES string of the molecule is C=CCN(C(=O)[C@@H]1[C@H]2C(=O)N([C@@H](CO)CC(C)C)C(C(=O)N(CC=C)c3cc(C)ccc3C)C23CC[C@@]1(C)O3)c1ccc(OCC)cc1. The van der Waals surface area contributed by atoms with E-state index in [0.29, 0.717) is 37.3 Å². The fourth-order valence-corrected chi connectivity index (χ4v) is 8.34. The van der Waals surface area contributed by atoms with E-state index in [9.17, 15) is 14.7 Å². The van der Waals surface area contributed by atoms with Gasteiger partial charge >= 0.3 is 0 Å². The maximum absolute atomic E-state index is 15.1. The summed E-state index contributed by atoms with van der Waals surface area (Å²) in [6.07, 6.45) is 4.78. The van der Waals surface area contributed by atoms with E-state index >= 15 is 4.79 Å². The molecule has 1 N–H and O–H groups in total. The number of fused-ring (bicyclic) bond motifs is 1. The number of anilines is 2. The van der Waals surface area contributed by atoms with E-state index in [1.807, 2.05) is 84.0 Å². The van der Waals surface area contributed by atoms with E-state index in [1.54, 1.807) is 26.9 Å². The Bertz CT molecular complexity index is 1560. The Kier molecular flexibility index (Phi) is 10.2. The molecular formula is C39H51N3O6. The molecule has 9 heteroatoms. The van der Waals surface area contributed by atoms with Crippen LogP contribution in [0.15, 0.2) is 67.8 Å². The molecular weight excluding hydrogens is 606 g/mol. The van der Waals surface area contributed by atoms with Gasteiger partial charge in [0.25, 0.3) is 5.91 Å². The van der Waals surface area contributed by atoms with Gasteiger partial charge in [0.1, 0.15) is 17.4 Å². The first kappa shape index (κ1) is 35.4. The Balaban J connectivity index is 1.63. The molecule has 2 unspecified atom stereocenters. The van der Waals surface area contributed by atoms with Gasteiger partial charge in [0.2, 0.25) is 11.8 Å².